The Balaban J connectivity index is 2.57. The summed E-state index contributed by atoms with van der Waals surface area (Å²) in [5.74, 6) is -0.213. The van der Waals surface area contributed by atoms with Crippen molar-refractivity contribution in [3.63, 3.8) is 0 Å². The molecule has 0 aliphatic carbocycles. The quantitative estimate of drug-likeness (QED) is 0.869. The Labute approximate surface area is 108 Å². The number of hydrogen-bond donors (Lipinski definition) is 1. The number of nitrogens with one attached hydrogen (secondary N) is 1. The molecular formula is C11H10BrClN2O. The van der Waals surface area contributed by atoms with Gasteiger partial charge in [0.1, 0.15) is 0 Å². The Kier molecular flexibility index (Phi) is 5.30. The lowest BCUT2D eigenvalue weighted by Gasteiger charge is -2.05. The first-order valence-electron chi connectivity index (χ1n) is 4.75. The van der Waals surface area contributed by atoms with E-state index in [1.54, 1.807) is 18.2 Å². The van der Waals surface area contributed by atoms with Crippen molar-refractivity contribution in [2.45, 2.75) is 12.8 Å². The molecule has 84 valence electrons. The number of unbranched alkanes of at least 4 members (excludes halogenated alkanes) is 1. The molecule has 0 aromatic heterocycles. The summed E-state index contributed by atoms with van der Waals surface area (Å²) in [5, 5.41) is 11.4. The Morgan fingerprint density at radius 3 is 2.94 bits per heavy atom. The molecule has 0 fully saturated rings. The lowest BCUT2D eigenvalue weighted by Crippen LogP contribution is -2.24. The third kappa shape index (κ3) is 3.84. The molecule has 0 heterocycles. The van der Waals surface area contributed by atoms with E-state index < -0.39 is 0 Å². The fraction of sp³-hybridized carbons (Fsp3) is 0.273. The zero-order valence-corrected chi connectivity index (χ0v) is 10.8. The number of carbonyl (C=O) groups is 1. The fourth-order valence-electron chi connectivity index (χ4n) is 1.14. The molecule has 16 heavy (non-hydrogen) atoms. The topological polar surface area (TPSA) is 52.9 Å². The maximum atomic E-state index is 11.6. The van der Waals surface area contributed by atoms with Gasteiger partial charge in [-0.05, 0) is 24.6 Å². The molecule has 0 aliphatic rings. The molecule has 0 spiro atoms. The number of nitrogens with zero attached hydrogens (tertiary/aromatic N) is 1. The van der Waals surface area contributed by atoms with Crippen LogP contribution >= 0.6 is 27.5 Å². The van der Waals surface area contributed by atoms with Crippen molar-refractivity contribution in [1.82, 2.24) is 5.32 Å². The first-order valence-corrected chi connectivity index (χ1v) is 5.92. The summed E-state index contributed by atoms with van der Waals surface area (Å²) in [6.45, 7) is 0.485. The molecule has 0 saturated carbocycles. The average molecular weight is 302 g/mol. The SMILES string of the molecule is N#CCCCNC(=O)c1ccc(Br)cc1Cl. The van der Waals surface area contributed by atoms with E-state index in [0.29, 0.717) is 30.0 Å². The van der Waals surface area contributed by atoms with Crippen molar-refractivity contribution in [2.75, 3.05) is 6.54 Å². The third-order valence-corrected chi connectivity index (χ3v) is 2.73. The van der Waals surface area contributed by atoms with E-state index in [0.717, 1.165) is 4.47 Å². The molecular weight excluding hydrogens is 291 g/mol. The predicted octanol–water partition coefficient (Wildman–Crippen LogP) is 3.14. The second-order valence-corrected chi connectivity index (χ2v) is 4.46. The van der Waals surface area contributed by atoms with Gasteiger partial charge < -0.3 is 5.32 Å². The number of benzene rings is 1. The highest BCUT2D eigenvalue weighted by Crippen LogP contribution is 2.21. The van der Waals surface area contributed by atoms with Gasteiger partial charge in [0.15, 0.2) is 0 Å². The van der Waals surface area contributed by atoms with Crippen molar-refractivity contribution in [1.29, 1.82) is 5.26 Å². The van der Waals surface area contributed by atoms with Crippen LogP contribution in [0.3, 0.4) is 0 Å². The first-order chi connectivity index (χ1) is 7.65. The maximum absolute atomic E-state index is 11.6. The molecule has 3 nitrogen and oxygen atoms in total. The molecule has 1 aromatic rings. The van der Waals surface area contributed by atoms with Gasteiger partial charge in [0.05, 0.1) is 16.7 Å². The van der Waals surface area contributed by atoms with Crippen LogP contribution in [-0.2, 0) is 0 Å². The van der Waals surface area contributed by atoms with Crippen molar-refractivity contribution >= 4 is 33.4 Å². The van der Waals surface area contributed by atoms with E-state index in [1.807, 2.05) is 6.07 Å². The van der Waals surface area contributed by atoms with Crippen LogP contribution in [0, 0.1) is 11.3 Å². The second kappa shape index (κ2) is 6.51. The predicted molar refractivity (Wildman–Crippen MR) is 66.3 cm³/mol. The van der Waals surface area contributed by atoms with E-state index in [-0.39, 0.29) is 5.91 Å². The Hall–Kier alpha value is -1.05. The summed E-state index contributed by atoms with van der Waals surface area (Å²) in [7, 11) is 0. The molecule has 1 aromatic carbocycles. The molecule has 0 bridgehead atoms. The summed E-state index contributed by atoms with van der Waals surface area (Å²) in [6.07, 6.45) is 1.09. The third-order valence-electron chi connectivity index (χ3n) is 1.93. The van der Waals surface area contributed by atoms with E-state index in [9.17, 15) is 4.79 Å². The van der Waals surface area contributed by atoms with E-state index in [1.165, 1.54) is 0 Å². The molecule has 0 atom stereocenters. The van der Waals surface area contributed by atoms with Crippen molar-refractivity contribution in [2.24, 2.45) is 0 Å². The molecule has 1 amide bonds. The minimum absolute atomic E-state index is 0.213. The van der Waals surface area contributed by atoms with Crippen molar-refractivity contribution in [3.05, 3.63) is 33.3 Å². The number of hydrogen-bond acceptors (Lipinski definition) is 2. The molecule has 0 unspecified atom stereocenters. The highest BCUT2D eigenvalue weighted by atomic mass is 79.9. The fourth-order valence-corrected chi connectivity index (χ4v) is 1.90. The van der Waals surface area contributed by atoms with E-state index in [2.05, 4.69) is 21.2 Å². The Bertz CT molecular complexity index is 428. The zero-order valence-electron chi connectivity index (χ0n) is 8.46. The van der Waals surface area contributed by atoms with E-state index >= 15 is 0 Å². The summed E-state index contributed by atoms with van der Waals surface area (Å²) < 4.78 is 0.832. The van der Waals surface area contributed by atoms with Crippen LogP contribution in [0.5, 0.6) is 0 Å². The minimum atomic E-state index is -0.213. The zero-order chi connectivity index (χ0) is 12.0. The minimum Gasteiger partial charge on any atom is -0.352 e. The maximum Gasteiger partial charge on any atom is 0.252 e. The highest BCUT2D eigenvalue weighted by molar-refractivity contribution is 9.10. The lowest BCUT2D eigenvalue weighted by atomic mass is 10.2. The van der Waals surface area contributed by atoms with Crippen LogP contribution in [-0.4, -0.2) is 12.5 Å². The Morgan fingerprint density at radius 1 is 1.56 bits per heavy atom. The number of halogens is 2. The molecule has 0 radical (unpaired) electrons. The van der Waals surface area contributed by atoms with Gasteiger partial charge in [-0.3, -0.25) is 4.79 Å². The average Bonchev–Trinajstić information content (AvgIpc) is 2.24. The summed E-state index contributed by atoms with van der Waals surface area (Å²) >= 11 is 9.19. The van der Waals surface area contributed by atoms with Crippen LogP contribution in [0.25, 0.3) is 0 Å². The molecule has 0 aliphatic heterocycles. The summed E-state index contributed by atoms with van der Waals surface area (Å²) in [4.78, 5) is 11.6. The molecule has 0 saturated heterocycles. The normalized spacial score (nSPS) is 9.56. The molecule has 1 N–H and O–H groups in total. The number of nitriles is 1. The molecule has 1 rings (SSSR count). The number of carbonyl (C=O) groups excluding carboxylic acids is 1. The van der Waals surface area contributed by atoms with Gasteiger partial charge in [0.25, 0.3) is 5.91 Å². The lowest BCUT2D eigenvalue weighted by molar-refractivity contribution is 0.0953. The monoisotopic (exact) mass is 300 g/mol. The van der Waals surface area contributed by atoms with Crippen LogP contribution in [0.1, 0.15) is 23.2 Å². The van der Waals surface area contributed by atoms with Gasteiger partial charge in [-0.1, -0.05) is 27.5 Å². The van der Waals surface area contributed by atoms with Crippen LogP contribution in [0.2, 0.25) is 5.02 Å². The first kappa shape index (κ1) is 13.0. The highest BCUT2D eigenvalue weighted by Gasteiger charge is 2.09. The Morgan fingerprint density at radius 2 is 2.31 bits per heavy atom. The summed E-state index contributed by atoms with van der Waals surface area (Å²) in [5.41, 5.74) is 0.446. The van der Waals surface area contributed by atoms with Crippen molar-refractivity contribution in [3.8, 4) is 6.07 Å². The summed E-state index contributed by atoms with van der Waals surface area (Å²) in [6, 6.07) is 7.11. The largest absolute Gasteiger partial charge is 0.352 e. The van der Waals surface area contributed by atoms with Crippen LogP contribution < -0.4 is 5.32 Å². The molecule has 5 heteroatoms. The van der Waals surface area contributed by atoms with Crippen LogP contribution in [0.4, 0.5) is 0 Å². The van der Waals surface area contributed by atoms with Gasteiger partial charge in [-0.25, -0.2) is 0 Å². The van der Waals surface area contributed by atoms with Gasteiger partial charge in [-0.2, -0.15) is 5.26 Å². The van der Waals surface area contributed by atoms with Crippen LogP contribution in [0.15, 0.2) is 22.7 Å². The number of rotatable bonds is 4. The van der Waals surface area contributed by atoms with Gasteiger partial charge in [0.2, 0.25) is 0 Å². The van der Waals surface area contributed by atoms with Gasteiger partial charge in [0, 0.05) is 17.4 Å². The van der Waals surface area contributed by atoms with Gasteiger partial charge >= 0.3 is 0 Å². The van der Waals surface area contributed by atoms with E-state index in [4.69, 9.17) is 16.9 Å². The van der Waals surface area contributed by atoms with Gasteiger partial charge in [-0.15, -0.1) is 0 Å². The second-order valence-electron chi connectivity index (χ2n) is 3.14. The van der Waals surface area contributed by atoms with Crippen molar-refractivity contribution < 1.29 is 4.79 Å². The smallest absolute Gasteiger partial charge is 0.252 e. The number of amides is 1. The standard InChI is InChI=1S/C11H10BrClN2O/c12-8-3-4-9(10(13)7-8)11(16)15-6-2-1-5-14/h3-4,7H,1-2,6H2,(H,15,16).